The summed E-state index contributed by atoms with van der Waals surface area (Å²) in [5.74, 6) is 0. The van der Waals surface area contributed by atoms with E-state index in [-0.39, 0.29) is 4.45 Å². The molecule has 0 amide bonds. The summed E-state index contributed by atoms with van der Waals surface area (Å²) in [6.45, 7) is 0. The summed E-state index contributed by atoms with van der Waals surface area (Å²) >= 11 is 5.98. The van der Waals surface area contributed by atoms with Gasteiger partial charge in [-0.2, -0.15) is 0 Å². The van der Waals surface area contributed by atoms with Crippen LogP contribution in [0.1, 0.15) is 0 Å². The molecule has 0 aliphatic heterocycles. The molecule has 0 atom stereocenters. The average Bonchev–Trinajstić information content (AvgIpc) is 1.83. The Labute approximate surface area is 69.9 Å². The number of carbonyl (C=O) groups excluding carboxylic acids is 2. The van der Waals surface area contributed by atoms with Crippen LogP contribution in [0.4, 0.5) is 9.59 Å². The number of hydrogen-bond donors (Lipinski definition) is 0. The molecule has 0 rings (SSSR count). The maximum absolute atomic E-state index is 10.4. The molecule has 0 aliphatic rings. The van der Waals surface area contributed by atoms with E-state index in [9.17, 15) is 9.59 Å². The van der Waals surface area contributed by atoms with Crippen LogP contribution < -0.4 is 0 Å². The van der Waals surface area contributed by atoms with E-state index in [0.717, 1.165) is 33.3 Å². The van der Waals surface area contributed by atoms with Crippen LogP contribution in [0.2, 0.25) is 0 Å². The molecule has 0 spiro atoms. The molecule has 0 bridgehead atoms. The molecule has 9 heavy (non-hydrogen) atoms. The summed E-state index contributed by atoms with van der Waals surface area (Å²) in [4.78, 5) is 20.4. The zero-order valence-electron chi connectivity index (χ0n) is 4.42. The third kappa shape index (κ3) is 6.57. The van der Waals surface area contributed by atoms with Crippen LogP contribution >= 0.6 is 45.0 Å². The number of halogens is 1. The van der Waals surface area contributed by atoms with Gasteiger partial charge in [0, 0.05) is 21.6 Å². The highest BCUT2D eigenvalue weighted by Crippen LogP contribution is 2.29. The Morgan fingerprint density at radius 3 is 2.22 bits per heavy atom. The highest BCUT2D eigenvalue weighted by Gasteiger charge is 2.03. The van der Waals surface area contributed by atoms with Crippen molar-refractivity contribution >= 4 is 54.0 Å². The summed E-state index contributed by atoms with van der Waals surface area (Å²) in [7, 11) is 1.58. The molecular formula is C3H3ClO2S3. The van der Waals surface area contributed by atoms with E-state index < -0.39 is 4.57 Å². The molecule has 0 heterocycles. The molecule has 2 nitrogen and oxygen atoms in total. The molecule has 52 valence electrons. The van der Waals surface area contributed by atoms with Crippen molar-refractivity contribution in [2.45, 2.75) is 0 Å². The van der Waals surface area contributed by atoms with Crippen molar-refractivity contribution in [1.82, 2.24) is 0 Å². The zero-order chi connectivity index (χ0) is 7.28. The van der Waals surface area contributed by atoms with Crippen molar-refractivity contribution in [3.63, 3.8) is 0 Å². The van der Waals surface area contributed by atoms with Gasteiger partial charge < -0.3 is 0 Å². The van der Waals surface area contributed by atoms with Crippen LogP contribution in [0.5, 0.6) is 0 Å². The number of thioether (sulfide) groups is 1. The Kier molecular flexibility index (Phi) is 5.88. The van der Waals surface area contributed by atoms with E-state index in [1.807, 2.05) is 0 Å². The van der Waals surface area contributed by atoms with Gasteiger partial charge >= 0.3 is 0 Å². The molecule has 0 aromatic rings. The Morgan fingerprint density at radius 2 is 1.89 bits per heavy atom. The first-order valence-corrected chi connectivity index (χ1v) is 5.54. The van der Waals surface area contributed by atoms with Crippen molar-refractivity contribution in [2.75, 3.05) is 6.26 Å². The monoisotopic (exact) mass is 202 g/mol. The van der Waals surface area contributed by atoms with Gasteiger partial charge in [-0.15, -0.1) is 0 Å². The standard InChI is InChI=1S/C3H3ClO2S3/c1-7-3(6)9-8-2(4)5/h1H3. The Balaban J connectivity index is 3.28. The minimum atomic E-state index is -0.567. The smallest absolute Gasteiger partial charge is 0.273 e. The maximum Gasteiger partial charge on any atom is 0.290 e. The fraction of sp³-hybridized carbons (Fsp3) is 0.333. The second-order valence-corrected chi connectivity index (χ2v) is 4.54. The van der Waals surface area contributed by atoms with E-state index in [0.29, 0.717) is 0 Å². The van der Waals surface area contributed by atoms with Crippen molar-refractivity contribution < 1.29 is 9.59 Å². The molecule has 0 unspecified atom stereocenters. The first-order valence-electron chi connectivity index (χ1n) is 1.78. The minimum absolute atomic E-state index is 0.117. The van der Waals surface area contributed by atoms with Gasteiger partial charge in [-0.1, -0.05) is 11.8 Å². The largest absolute Gasteiger partial charge is 0.290 e. The predicted molar refractivity (Wildman–Crippen MR) is 45.3 cm³/mol. The van der Waals surface area contributed by atoms with E-state index in [4.69, 9.17) is 11.6 Å². The molecule has 0 radical (unpaired) electrons. The molecule has 0 saturated heterocycles. The first kappa shape index (κ1) is 9.68. The van der Waals surface area contributed by atoms with Gasteiger partial charge in [0.15, 0.2) is 0 Å². The molecular weight excluding hydrogens is 200 g/mol. The zero-order valence-corrected chi connectivity index (χ0v) is 7.62. The van der Waals surface area contributed by atoms with Crippen LogP contribution in [0.25, 0.3) is 0 Å². The fourth-order valence-electron chi connectivity index (χ4n) is 0.101. The van der Waals surface area contributed by atoms with E-state index >= 15 is 0 Å². The summed E-state index contributed by atoms with van der Waals surface area (Å²) in [5, 5.41) is 0. The molecule has 6 heteroatoms. The van der Waals surface area contributed by atoms with Gasteiger partial charge in [0.1, 0.15) is 0 Å². The van der Waals surface area contributed by atoms with Gasteiger partial charge in [0.2, 0.25) is 0 Å². The SMILES string of the molecule is CSC(=O)SSC(=O)Cl. The molecule has 0 aromatic carbocycles. The number of carbonyl (C=O) groups is 2. The van der Waals surface area contributed by atoms with Crippen molar-refractivity contribution in [3.8, 4) is 0 Å². The number of hydrogen-bond acceptors (Lipinski definition) is 5. The molecule has 0 saturated carbocycles. The van der Waals surface area contributed by atoms with Gasteiger partial charge in [-0.25, -0.2) is 0 Å². The Bertz CT molecular complexity index is 126. The van der Waals surface area contributed by atoms with E-state index in [2.05, 4.69) is 0 Å². The van der Waals surface area contributed by atoms with Crippen LogP contribution in [0.15, 0.2) is 0 Å². The Hall–Kier alpha value is 0.680. The van der Waals surface area contributed by atoms with Gasteiger partial charge in [0.05, 0.1) is 0 Å². The number of rotatable bonds is 0. The minimum Gasteiger partial charge on any atom is -0.273 e. The second kappa shape index (κ2) is 5.46. The van der Waals surface area contributed by atoms with Crippen LogP contribution in [0, 0.1) is 0 Å². The van der Waals surface area contributed by atoms with Gasteiger partial charge in [-0.3, -0.25) is 9.59 Å². The van der Waals surface area contributed by atoms with Crippen LogP contribution in [-0.2, 0) is 0 Å². The summed E-state index contributed by atoms with van der Waals surface area (Å²) in [6.07, 6.45) is 1.65. The van der Waals surface area contributed by atoms with Crippen molar-refractivity contribution in [2.24, 2.45) is 0 Å². The van der Waals surface area contributed by atoms with Crippen LogP contribution in [0.3, 0.4) is 0 Å². The highest BCUT2D eigenvalue weighted by molar-refractivity contribution is 8.90. The maximum atomic E-state index is 10.4. The quantitative estimate of drug-likeness (QED) is 0.445. The van der Waals surface area contributed by atoms with Gasteiger partial charge in [-0.05, 0) is 17.9 Å². The second-order valence-electron chi connectivity index (χ2n) is 0.858. The fourth-order valence-corrected chi connectivity index (χ4v) is 2.11. The predicted octanol–water partition coefficient (Wildman–Crippen LogP) is 3.21. The van der Waals surface area contributed by atoms with Crippen molar-refractivity contribution in [3.05, 3.63) is 0 Å². The van der Waals surface area contributed by atoms with E-state index in [1.54, 1.807) is 6.26 Å². The van der Waals surface area contributed by atoms with Crippen molar-refractivity contribution in [1.29, 1.82) is 0 Å². The highest BCUT2D eigenvalue weighted by atomic mass is 35.5. The topological polar surface area (TPSA) is 34.1 Å². The molecule has 0 aliphatic carbocycles. The molecule has 0 N–H and O–H groups in total. The lowest BCUT2D eigenvalue weighted by atomic mass is 11.8. The Morgan fingerprint density at radius 1 is 1.33 bits per heavy atom. The third-order valence-electron chi connectivity index (χ3n) is 0.342. The summed E-state index contributed by atoms with van der Waals surface area (Å²) in [5.41, 5.74) is 0. The lowest BCUT2D eigenvalue weighted by Gasteiger charge is -1.87. The van der Waals surface area contributed by atoms with E-state index in [1.165, 1.54) is 0 Å². The van der Waals surface area contributed by atoms with Gasteiger partial charge in [0.25, 0.3) is 9.02 Å². The lowest BCUT2D eigenvalue weighted by molar-refractivity contribution is 0.275. The first-order chi connectivity index (χ1) is 4.16. The molecule has 0 fully saturated rings. The summed E-state index contributed by atoms with van der Waals surface area (Å²) < 4.78 is -0.684. The van der Waals surface area contributed by atoms with Crippen LogP contribution in [-0.4, -0.2) is 15.3 Å². The normalized spacial score (nSPS) is 9.11. The lowest BCUT2D eigenvalue weighted by Crippen LogP contribution is -1.74. The third-order valence-corrected chi connectivity index (χ3v) is 3.76. The average molecular weight is 203 g/mol. The summed E-state index contributed by atoms with van der Waals surface area (Å²) in [6, 6.07) is 0. The molecule has 0 aromatic heterocycles.